The zero-order chi connectivity index (χ0) is 13.8. The Balaban J connectivity index is 2.13. The predicted molar refractivity (Wildman–Crippen MR) is 79.8 cm³/mol. The molecule has 0 aliphatic heterocycles. The van der Waals surface area contributed by atoms with E-state index >= 15 is 0 Å². The quantitative estimate of drug-likeness (QED) is 0.920. The molecule has 1 aromatic heterocycles. The van der Waals surface area contributed by atoms with Crippen LogP contribution in [-0.2, 0) is 13.0 Å². The lowest BCUT2D eigenvalue weighted by Crippen LogP contribution is -2.17. The lowest BCUT2D eigenvalue weighted by atomic mass is 10.0. The third kappa shape index (κ3) is 3.42. The summed E-state index contributed by atoms with van der Waals surface area (Å²) in [6.45, 7) is 5.08. The molecule has 102 valence electrons. The van der Waals surface area contributed by atoms with Gasteiger partial charge in [0.1, 0.15) is 12.2 Å². The van der Waals surface area contributed by atoms with Crippen LogP contribution in [0.1, 0.15) is 36.3 Å². The van der Waals surface area contributed by atoms with Gasteiger partial charge in [0, 0.05) is 23.5 Å². The predicted octanol–water partition coefficient (Wildman–Crippen LogP) is 3.00. The number of aromatic nitrogens is 3. The van der Waals surface area contributed by atoms with Crippen LogP contribution in [0.2, 0.25) is 0 Å². The van der Waals surface area contributed by atoms with Gasteiger partial charge in [-0.1, -0.05) is 35.0 Å². The number of rotatable bonds is 5. The molecule has 5 heteroatoms. The van der Waals surface area contributed by atoms with Gasteiger partial charge in [0.05, 0.1) is 0 Å². The second kappa shape index (κ2) is 6.30. The molecule has 1 unspecified atom stereocenters. The number of benzene rings is 1. The van der Waals surface area contributed by atoms with Crippen LogP contribution in [0.3, 0.4) is 0 Å². The number of hydrogen-bond donors (Lipinski definition) is 1. The summed E-state index contributed by atoms with van der Waals surface area (Å²) < 4.78 is 3.03. The van der Waals surface area contributed by atoms with Gasteiger partial charge in [-0.3, -0.25) is 4.68 Å². The summed E-state index contributed by atoms with van der Waals surface area (Å²) >= 11 is 3.54. The molecule has 4 nitrogen and oxygen atoms in total. The molecule has 0 saturated heterocycles. The standard InChI is InChI=1S/C14H19BrN4/c1-3-6-19-14(17-9-18-19)8-13(16)11-5-4-10(2)12(15)7-11/h4-5,7,9,13H,3,6,8,16H2,1-2H3. The van der Waals surface area contributed by atoms with Gasteiger partial charge in [-0.2, -0.15) is 5.10 Å². The number of nitrogens with two attached hydrogens (primary N) is 1. The van der Waals surface area contributed by atoms with Gasteiger partial charge in [-0.05, 0) is 30.5 Å². The van der Waals surface area contributed by atoms with Crippen molar-refractivity contribution in [2.24, 2.45) is 5.73 Å². The van der Waals surface area contributed by atoms with E-state index < -0.39 is 0 Å². The smallest absolute Gasteiger partial charge is 0.138 e. The molecular formula is C14H19BrN4. The summed E-state index contributed by atoms with van der Waals surface area (Å²) in [5.41, 5.74) is 8.60. The van der Waals surface area contributed by atoms with Crippen LogP contribution in [0.15, 0.2) is 29.0 Å². The molecule has 0 saturated carbocycles. The highest BCUT2D eigenvalue weighted by atomic mass is 79.9. The summed E-state index contributed by atoms with van der Waals surface area (Å²) in [5.74, 6) is 0.950. The number of hydrogen-bond acceptors (Lipinski definition) is 3. The monoisotopic (exact) mass is 322 g/mol. The van der Waals surface area contributed by atoms with Crippen molar-refractivity contribution in [2.45, 2.75) is 39.3 Å². The zero-order valence-corrected chi connectivity index (χ0v) is 12.9. The van der Waals surface area contributed by atoms with Crippen molar-refractivity contribution in [1.29, 1.82) is 0 Å². The molecule has 0 aliphatic rings. The fraction of sp³-hybridized carbons (Fsp3) is 0.429. The highest BCUT2D eigenvalue weighted by molar-refractivity contribution is 9.10. The van der Waals surface area contributed by atoms with Crippen molar-refractivity contribution in [3.8, 4) is 0 Å². The van der Waals surface area contributed by atoms with E-state index in [1.54, 1.807) is 6.33 Å². The fourth-order valence-electron chi connectivity index (χ4n) is 2.00. The Bertz CT molecular complexity index is 550. The summed E-state index contributed by atoms with van der Waals surface area (Å²) in [6, 6.07) is 6.18. The SMILES string of the molecule is CCCn1ncnc1CC(N)c1ccc(C)c(Br)c1. The van der Waals surface area contributed by atoms with E-state index in [1.165, 1.54) is 5.56 Å². The highest BCUT2D eigenvalue weighted by Crippen LogP contribution is 2.22. The minimum absolute atomic E-state index is 0.0586. The molecule has 2 aromatic rings. The van der Waals surface area contributed by atoms with Crippen molar-refractivity contribution >= 4 is 15.9 Å². The molecule has 1 aromatic carbocycles. The number of aryl methyl sites for hydroxylation is 2. The molecule has 1 atom stereocenters. The van der Waals surface area contributed by atoms with Crippen LogP contribution in [-0.4, -0.2) is 14.8 Å². The summed E-state index contributed by atoms with van der Waals surface area (Å²) in [7, 11) is 0. The molecule has 0 spiro atoms. The Morgan fingerprint density at radius 1 is 1.42 bits per heavy atom. The molecule has 0 amide bonds. The first-order valence-corrected chi connectivity index (χ1v) is 7.29. The van der Waals surface area contributed by atoms with E-state index in [9.17, 15) is 0 Å². The second-order valence-electron chi connectivity index (χ2n) is 4.72. The maximum atomic E-state index is 6.27. The van der Waals surface area contributed by atoms with Gasteiger partial charge in [0.15, 0.2) is 0 Å². The summed E-state index contributed by atoms with van der Waals surface area (Å²) in [6.07, 6.45) is 3.35. The zero-order valence-electron chi connectivity index (χ0n) is 11.3. The maximum Gasteiger partial charge on any atom is 0.138 e. The van der Waals surface area contributed by atoms with Gasteiger partial charge >= 0.3 is 0 Å². The third-order valence-electron chi connectivity index (χ3n) is 3.16. The molecule has 0 bridgehead atoms. The van der Waals surface area contributed by atoms with E-state index in [2.05, 4.69) is 58.1 Å². The van der Waals surface area contributed by atoms with E-state index in [0.29, 0.717) is 6.42 Å². The molecule has 0 aliphatic carbocycles. The Morgan fingerprint density at radius 2 is 2.21 bits per heavy atom. The van der Waals surface area contributed by atoms with Gasteiger partial charge in [-0.15, -0.1) is 0 Å². The summed E-state index contributed by atoms with van der Waals surface area (Å²) in [4.78, 5) is 4.30. The van der Waals surface area contributed by atoms with Crippen molar-refractivity contribution in [1.82, 2.24) is 14.8 Å². The minimum Gasteiger partial charge on any atom is -0.324 e. The number of halogens is 1. The van der Waals surface area contributed by atoms with Crippen molar-refractivity contribution in [3.63, 3.8) is 0 Å². The van der Waals surface area contributed by atoms with Crippen LogP contribution in [0.4, 0.5) is 0 Å². The third-order valence-corrected chi connectivity index (χ3v) is 4.01. The Hall–Kier alpha value is -1.20. The molecule has 19 heavy (non-hydrogen) atoms. The average molecular weight is 323 g/mol. The van der Waals surface area contributed by atoms with Crippen molar-refractivity contribution < 1.29 is 0 Å². The topological polar surface area (TPSA) is 56.7 Å². The molecule has 2 N–H and O–H groups in total. The maximum absolute atomic E-state index is 6.27. The fourth-order valence-corrected chi connectivity index (χ4v) is 2.40. The molecule has 0 fully saturated rings. The average Bonchev–Trinajstić information content (AvgIpc) is 2.80. The van der Waals surface area contributed by atoms with Crippen molar-refractivity contribution in [3.05, 3.63) is 46.0 Å². The largest absolute Gasteiger partial charge is 0.324 e. The molecule has 2 rings (SSSR count). The summed E-state index contributed by atoms with van der Waals surface area (Å²) in [5, 5.41) is 4.23. The lowest BCUT2D eigenvalue weighted by molar-refractivity contribution is 0.548. The first-order valence-electron chi connectivity index (χ1n) is 6.50. The van der Waals surface area contributed by atoms with Crippen molar-refractivity contribution in [2.75, 3.05) is 0 Å². The van der Waals surface area contributed by atoms with Gasteiger partial charge < -0.3 is 5.73 Å². The van der Waals surface area contributed by atoms with Gasteiger partial charge in [-0.25, -0.2) is 4.98 Å². The van der Waals surface area contributed by atoms with Gasteiger partial charge in [0.25, 0.3) is 0 Å². The van der Waals surface area contributed by atoms with E-state index in [-0.39, 0.29) is 6.04 Å². The van der Waals surface area contributed by atoms with Crippen LogP contribution < -0.4 is 5.73 Å². The van der Waals surface area contributed by atoms with Crippen LogP contribution >= 0.6 is 15.9 Å². The Morgan fingerprint density at radius 3 is 2.89 bits per heavy atom. The lowest BCUT2D eigenvalue weighted by Gasteiger charge is -2.13. The van der Waals surface area contributed by atoms with E-state index in [0.717, 1.165) is 28.8 Å². The highest BCUT2D eigenvalue weighted by Gasteiger charge is 2.12. The molecular weight excluding hydrogens is 304 g/mol. The molecule has 0 radical (unpaired) electrons. The number of nitrogens with zero attached hydrogens (tertiary/aromatic N) is 3. The van der Waals surface area contributed by atoms with E-state index in [4.69, 9.17) is 5.73 Å². The Labute approximate surface area is 122 Å². The van der Waals surface area contributed by atoms with Crippen LogP contribution in [0.25, 0.3) is 0 Å². The van der Waals surface area contributed by atoms with Crippen LogP contribution in [0.5, 0.6) is 0 Å². The minimum atomic E-state index is -0.0586. The van der Waals surface area contributed by atoms with Gasteiger partial charge in [0.2, 0.25) is 0 Å². The van der Waals surface area contributed by atoms with Crippen LogP contribution in [0, 0.1) is 6.92 Å². The first-order chi connectivity index (χ1) is 9.11. The first kappa shape index (κ1) is 14.2. The van der Waals surface area contributed by atoms with E-state index in [1.807, 2.05) is 4.68 Å². The normalized spacial score (nSPS) is 12.6. The Kier molecular flexibility index (Phi) is 4.71. The molecule has 1 heterocycles. The second-order valence-corrected chi connectivity index (χ2v) is 5.57.